The van der Waals surface area contributed by atoms with Crippen molar-refractivity contribution in [2.24, 2.45) is 5.73 Å². The number of likely N-dealkylation sites (N-methyl/N-ethyl adjacent to an activating group) is 1. The van der Waals surface area contributed by atoms with Crippen LogP contribution in [0.2, 0.25) is 0 Å². The monoisotopic (exact) mass is 217 g/mol. The first kappa shape index (κ1) is 16.3. The van der Waals surface area contributed by atoms with E-state index < -0.39 is 0 Å². The Bertz CT molecular complexity index is 172. The second-order valence-corrected chi connectivity index (χ2v) is 3.25. The number of carbonyl (C=O) groups is 2. The zero-order valence-corrected chi connectivity index (χ0v) is 10.1. The van der Waals surface area contributed by atoms with E-state index in [9.17, 15) is 9.59 Å². The van der Waals surface area contributed by atoms with E-state index >= 15 is 0 Å². The number of hydrogen-bond donors (Lipinski definition) is 2. The molecule has 0 aromatic carbocycles. The van der Waals surface area contributed by atoms with E-state index in [0.29, 0.717) is 25.8 Å². The zero-order valence-electron chi connectivity index (χ0n) is 10.1. The first-order valence-corrected chi connectivity index (χ1v) is 5.19. The van der Waals surface area contributed by atoms with Crippen LogP contribution in [0.25, 0.3) is 0 Å². The fourth-order valence-corrected chi connectivity index (χ4v) is 1.08. The summed E-state index contributed by atoms with van der Waals surface area (Å²) in [6.45, 7) is 4.71. The highest BCUT2D eigenvalue weighted by Crippen LogP contribution is 1.97. The molecule has 0 aromatic heterocycles. The van der Waals surface area contributed by atoms with Crippen LogP contribution in [-0.2, 0) is 9.59 Å². The van der Waals surface area contributed by atoms with Gasteiger partial charge in [0.25, 0.3) is 0 Å². The van der Waals surface area contributed by atoms with E-state index in [1.54, 1.807) is 0 Å². The first-order chi connectivity index (χ1) is 7.06. The molecule has 0 aromatic rings. The van der Waals surface area contributed by atoms with Crippen molar-refractivity contribution < 1.29 is 9.59 Å². The van der Waals surface area contributed by atoms with E-state index in [-0.39, 0.29) is 11.9 Å². The Morgan fingerprint density at radius 3 is 2.33 bits per heavy atom. The van der Waals surface area contributed by atoms with Crippen LogP contribution in [0.3, 0.4) is 0 Å². The van der Waals surface area contributed by atoms with Gasteiger partial charge in [-0.2, -0.15) is 0 Å². The maximum Gasteiger partial charge on any atom is 0.217 e. The zero-order chi connectivity index (χ0) is 12.3. The quantitative estimate of drug-likeness (QED) is 0.587. The van der Waals surface area contributed by atoms with Gasteiger partial charge in [0.15, 0.2) is 0 Å². The van der Waals surface area contributed by atoms with Crippen LogP contribution in [0, 0.1) is 0 Å². The Balaban J connectivity index is 0. The largest absolute Gasteiger partial charge is 0.370 e. The Morgan fingerprint density at radius 2 is 2.00 bits per heavy atom. The van der Waals surface area contributed by atoms with E-state index in [4.69, 9.17) is 5.73 Å². The van der Waals surface area contributed by atoms with Gasteiger partial charge in [-0.25, -0.2) is 0 Å². The minimum Gasteiger partial charge on any atom is -0.370 e. The third-order valence-corrected chi connectivity index (χ3v) is 1.63. The number of nitrogens with two attached hydrogens (primary N) is 1. The highest BCUT2D eigenvalue weighted by atomic mass is 16.1. The summed E-state index contributed by atoms with van der Waals surface area (Å²) in [5.74, 6) is -0.337. The van der Waals surface area contributed by atoms with E-state index in [2.05, 4.69) is 5.32 Å². The topological polar surface area (TPSA) is 75.4 Å². The number of hydrogen-bond acceptors (Lipinski definition) is 3. The summed E-state index contributed by atoms with van der Waals surface area (Å²) in [7, 11) is 3.81. The Morgan fingerprint density at radius 1 is 1.47 bits per heavy atom. The number of carbonyl (C=O) groups excluding carboxylic acids is 2. The first-order valence-electron chi connectivity index (χ1n) is 5.19. The average Bonchev–Trinajstić information content (AvgIpc) is 2.17. The molecule has 0 radical (unpaired) electrons. The molecular formula is C10H23N3O2. The summed E-state index contributed by atoms with van der Waals surface area (Å²) in [5.41, 5.74) is 5.00. The lowest BCUT2D eigenvalue weighted by atomic mass is 10.1. The van der Waals surface area contributed by atoms with Gasteiger partial charge in [-0.15, -0.1) is 0 Å². The second-order valence-electron chi connectivity index (χ2n) is 3.25. The van der Waals surface area contributed by atoms with Gasteiger partial charge in [0.05, 0.1) is 0 Å². The molecule has 2 amide bonds. The van der Waals surface area contributed by atoms with Gasteiger partial charge in [-0.3, -0.25) is 9.59 Å². The molecule has 0 bridgehead atoms. The average molecular weight is 217 g/mol. The molecule has 15 heavy (non-hydrogen) atoms. The molecule has 0 saturated heterocycles. The molecule has 0 aliphatic carbocycles. The van der Waals surface area contributed by atoms with Crippen molar-refractivity contribution in [3.8, 4) is 0 Å². The van der Waals surface area contributed by atoms with Crippen LogP contribution in [0.15, 0.2) is 0 Å². The summed E-state index contributed by atoms with van der Waals surface area (Å²) in [6.07, 6.45) is 1.54. The third-order valence-electron chi connectivity index (χ3n) is 1.63. The van der Waals surface area contributed by atoms with Crippen molar-refractivity contribution in [3.05, 3.63) is 0 Å². The van der Waals surface area contributed by atoms with Crippen LogP contribution in [0.5, 0.6) is 0 Å². The molecule has 5 heteroatoms. The molecule has 90 valence electrons. The summed E-state index contributed by atoms with van der Waals surface area (Å²) in [4.78, 5) is 22.6. The molecule has 0 heterocycles. The fraction of sp³-hybridized carbons (Fsp3) is 0.800. The van der Waals surface area contributed by atoms with Crippen LogP contribution < -0.4 is 11.1 Å². The molecule has 3 N–H and O–H groups in total. The summed E-state index contributed by atoms with van der Waals surface area (Å²) < 4.78 is 0. The number of nitrogens with zero attached hydrogens (tertiary/aromatic N) is 1. The Hall–Kier alpha value is -1.10. The van der Waals surface area contributed by atoms with E-state index in [1.807, 2.05) is 32.8 Å². The van der Waals surface area contributed by atoms with Gasteiger partial charge in [0.1, 0.15) is 0 Å². The molecule has 1 unspecified atom stereocenters. The molecule has 5 nitrogen and oxygen atoms in total. The molecule has 0 saturated carbocycles. The normalized spacial score (nSPS) is 11.3. The minimum atomic E-state index is -0.337. The number of amides is 2. The van der Waals surface area contributed by atoms with Crippen molar-refractivity contribution in [3.63, 3.8) is 0 Å². The van der Waals surface area contributed by atoms with Gasteiger partial charge >= 0.3 is 0 Å². The third kappa shape index (κ3) is 12.9. The predicted octanol–water partition coefficient (Wildman–Crippen LogP) is -0.0457. The number of nitrogens with one attached hydrogen (secondary N) is 1. The number of primary amides is 1. The maximum atomic E-state index is 10.5. The molecule has 0 spiro atoms. The maximum absolute atomic E-state index is 10.5. The molecule has 0 aliphatic heterocycles. The van der Waals surface area contributed by atoms with Gasteiger partial charge in [0.2, 0.25) is 12.3 Å². The van der Waals surface area contributed by atoms with Crippen LogP contribution >= 0.6 is 0 Å². The predicted molar refractivity (Wildman–Crippen MR) is 61.3 cm³/mol. The van der Waals surface area contributed by atoms with Crippen LogP contribution in [0.1, 0.15) is 26.7 Å². The van der Waals surface area contributed by atoms with Crippen molar-refractivity contribution in [2.75, 3.05) is 20.6 Å². The van der Waals surface area contributed by atoms with Crippen molar-refractivity contribution in [2.45, 2.75) is 32.7 Å². The summed E-state index contributed by atoms with van der Waals surface area (Å²) >= 11 is 0. The van der Waals surface area contributed by atoms with E-state index in [1.165, 1.54) is 0 Å². The lowest BCUT2D eigenvalue weighted by molar-refractivity contribution is -0.118. The van der Waals surface area contributed by atoms with Crippen molar-refractivity contribution in [1.29, 1.82) is 0 Å². The van der Waals surface area contributed by atoms with Gasteiger partial charge < -0.3 is 16.0 Å². The van der Waals surface area contributed by atoms with Gasteiger partial charge in [0, 0.05) is 19.0 Å². The van der Waals surface area contributed by atoms with Gasteiger partial charge in [-0.1, -0.05) is 13.8 Å². The molecule has 0 rings (SSSR count). The van der Waals surface area contributed by atoms with Crippen LogP contribution in [-0.4, -0.2) is 43.9 Å². The van der Waals surface area contributed by atoms with Crippen molar-refractivity contribution in [1.82, 2.24) is 10.2 Å². The molecule has 0 aliphatic rings. The highest BCUT2D eigenvalue weighted by molar-refractivity contribution is 5.73. The van der Waals surface area contributed by atoms with E-state index in [0.717, 1.165) is 0 Å². The van der Waals surface area contributed by atoms with Gasteiger partial charge in [-0.05, 0) is 20.5 Å². The molecule has 0 fully saturated rings. The second kappa shape index (κ2) is 11.0. The lowest BCUT2D eigenvalue weighted by Gasteiger charge is -2.19. The van der Waals surface area contributed by atoms with Crippen LogP contribution in [0.4, 0.5) is 0 Å². The highest BCUT2D eigenvalue weighted by Gasteiger charge is 2.09. The Kier molecular flexibility index (Phi) is 12.0. The molecule has 1 atom stereocenters. The number of rotatable bonds is 7. The van der Waals surface area contributed by atoms with Crippen molar-refractivity contribution >= 4 is 12.3 Å². The fourth-order valence-electron chi connectivity index (χ4n) is 1.08. The SMILES string of the molecule is CC.CN(C)CC(CCC(N)=O)NC=O. The Labute approximate surface area is 92.0 Å². The molecular weight excluding hydrogens is 194 g/mol. The smallest absolute Gasteiger partial charge is 0.217 e. The minimum absolute atomic E-state index is 0.000000000000000222. The summed E-state index contributed by atoms with van der Waals surface area (Å²) in [6, 6.07) is -0.000000000000000222. The summed E-state index contributed by atoms with van der Waals surface area (Å²) in [5, 5.41) is 2.64. The lowest BCUT2D eigenvalue weighted by Crippen LogP contribution is -2.38. The standard InChI is InChI=1S/C8H17N3O2.C2H6/c1-11(2)5-7(10-6-12)3-4-8(9)13;1-2/h6-7H,3-5H2,1-2H3,(H2,9,13)(H,10,12);1-2H3.